The standard InChI is InChI=1S/C20H20N2O4S/c1-5-26-16-8-6-14(7-9-16)10-15(11-21)18(23)22-19-17(20(24)25-4)12(2)13(3)27-19/h6-10H,5H2,1-4H3,(H,22,23)/b15-10+. The van der Waals surface area contributed by atoms with Gasteiger partial charge in [0.1, 0.15) is 22.4 Å². The molecule has 0 bridgehead atoms. The van der Waals surface area contributed by atoms with Crippen molar-refractivity contribution in [1.82, 2.24) is 0 Å². The Labute approximate surface area is 162 Å². The van der Waals surface area contributed by atoms with Gasteiger partial charge in [-0.2, -0.15) is 5.26 Å². The highest BCUT2D eigenvalue weighted by atomic mass is 32.1. The predicted molar refractivity (Wildman–Crippen MR) is 105 cm³/mol. The Hall–Kier alpha value is -3.11. The van der Waals surface area contributed by atoms with Gasteiger partial charge in [0.05, 0.1) is 19.3 Å². The smallest absolute Gasteiger partial charge is 0.341 e. The molecule has 0 saturated carbocycles. The topological polar surface area (TPSA) is 88.4 Å². The number of rotatable bonds is 6. The summed E-state index contributed by atoms with van der Waals surface area (Å²) in [6, 6.07) is 8.95. The Bertz CT molecular complexity index is 921. The number of anilines is 1. The van der Waals surface area contributed by atoms with Gasteiger partial charge in [0.2, 0.25) is 0 Å². The second-order valence-corrected chi connectivity index (χ2v) is 6.83. The fraction of sp³-hybridized carbons (Fsp3) is 0.250. The molecular weight excluding hydrogens is 364 g/mol. The Kier molecular flexibility index (Phi) is 6.74. The van der Waals surface area contributed by atoms with Crippen LogP contribution in [0.2, 0.25) is 0 Å². The first kappa shape index (κ1) is 20.2. The van der Waals surface area contributed by atoms with E-state index in [-0.39, 0.29) is 5.57 Å². The molecule has 1 N–H and O–H groups in total. The number of carbonyl (C=O) groups is 2. The number of aryl methyl sites for hydroxylation is 1. The summed E-state index contributed by atoms with van der Waals surface area (Å²) >= 11 is 1.27. The fourth-order valence-corrected chi connectivity index (χ4v) is 3.42. The first-order valence-electron chi connectivity index (χ1n) is 8.25. The van der Waals surface area contributed by atoms with Crippen LogP contribution in [-0.2, 0) is 9.53 Å². The van der Waals surface area contributed by atoms with Gasteiger partial charge in [0.15, 0.2) is 0 Å². The molecule has 0 spiro atoms. The van der Waals surface area contributed by atoms with Gasteiger partial charge in [-0.3, -0.25) is 4.79 Å². The summed E-state index contributed by atoms with van der Waals surface area (Å²) < 4.78 is 10.2. The van der Waals surface area contributed by atoms with E-state index >= 15 is 0 Å². The highest BCUT2D eigenvalue weighted by molar-refractivity contribution is 7.16. The van der Waals surface area contributed by atoms with Crippen LogP contribution in [0, 0.1) is 25.2 Å². The molecule has 6 nitrogen and oxygen atoms in total. The van der Waals surface area contributed by atoms with Crippen molar-refractivity contribution >= 4 is 34.3 Å². The molecule has 0 aliphatic heterocycles. The zero-order valence-corrected chi connectivity index (χ0v) is 16.4. The molecule has 0 atom stereocenters. The van der Waals surface area contributed by atoms with Crippen molar-refractivity contribution in [1.29, 1.82) is 5.26 Å². The number of esters is 1. The van der Waals surface area contributed by atoms with Gasteiger partial charge in [0, 0.05) is 4.88 Å². The Morgan fingerprint density at radius 2 is 1.93 bits per heavy atom. The van der Waals surface area contributed by atoms with E-state index in [0.717, 1.165) is 10.4 Å². The number of hydrogen-bond acceptors (Lipinski definition) is 6. The van der Waals surface area contributed by atoms with Crippen molar-refractivity contribution in [3.05, 3.63) is 51.4 Å². The lowest BCUT2D eigenvalue weighted by atomic mass is 10.1. The number of nitrogens with zero attached hydrogens (tertiary/aromatic N) is 1. The average molecular weight is 384 g/mol. The largest absolute Gasteiger partial charge is 0.494 e. The predicted octanol–water partition coefficient (Wildman–Crippen LogP) is 4.10. The molecule has 1 aromatic heterocycles. The van der Waals surface area contributed by atoms with E-state index in [2.05, 4.69) is 5.32 Å². The number of amides is 1. The molecule has 1 aromatic carbocycles. The molecule has 0 saturated heterocycles. The Morgan fingerprint density at radius 1 is 1.26 bits per heavy atom. The number of benzene rings is 1. The van der Waals surface area contributed by atoms with Gasteiger partial charge in [-0.1, -0.05) is 12.1 Å². The molecule has 140 valence electrons. The minimum Gasteiger partial charge on any atom is -0.494 e. The summed E-state index contributed by atoms with van der Waals surface area (Å²) in [6.07, 6.45) is 1.48. The highest BCUT2D eigenvalue weighted by Gasteiger charge is 2.22. The lowest BCUT2D eigenvalue weighted by Gasteiger charge is -2.06. The molecule has 1 amide bonds. The second-order valence-electron chi connectivity index (χ2n) is 5.60. The average Bonchev–Trinajstić information content (AvgIpc) is 2.94. The molecule has 0 aliphatic rings. The molecule has 0 unspecified atom stereocenters. The van der Waals surface area contributed by atoms with Gasteiger partial charge < -0.3 is 14.8 Å². The summed E-state index contributed by atoms with van der Waals surface area (Å²) in [6.45, 7) is 6.09. The van der Waals surface area contributed by atoms with Crippen molar-refractivity contribution in [3.8, 4) is 11.8 Å². The summed E-state index contributed by atoms with van der Waals surface area (Å²) in [5.74, 6) is -0.399. The number of thiophene rings is 1. The van der Waals surface area contributed by atoms with E-state index in [1.54, 1.807) is 31.2 Å². The molecule has 0 radical (unpaired) electrons. The van der Waals surface area contributed by atoms with Crippen molar-refractivity contribution in [2.24, 2.45) is 0 Å². The van der Waals surface area contributed by atoms with E-state index in [1.807, 2.05) is 19.9 Å². The molecule has 1 heterocycles. The first-order chi connectivity index (χ1) is 12.9. The Morgan fingerprint density at radius 3 is 2.48 bits per heavy atom. The zero-order chi connectivity index (χ0) is 20.0. The van der Waals surface area contributed by atoms with E-state index < -0.39 is 11.9 Å². The van der Waals surface area contributed by atoms with Gasteiger partial charge in [0.25, 0.3) is 5.91 Å². The highest BCUT2D eigenvalue weighted by Crippen LogP contribution is 2.33. The third-order valence-corrected chi connectivity index (χ3v) is 4.99. The molecule has 27 heavy (non-hydrogen) atoms. The molecule has 2 rings (SSSR count). The van der Waals surface area contributed by atoms with Crippen LogP contribution in [0.3, 0.4) is 0 Å². The second kappa shape index (κ2) is 9.01. The fourth-order valence-electron chi connectivity index (χ4n) is 2.38. The van der Waals surface area contributed by atoms with Crippen molar-refractivity contribution in [3.63, 3.8) is 0 Å². The maximum atomic E-state index is 12.5. The zero-order valence-electron chi connectivity index (χ0n) is 15.6. The maximum Gasteiger partial charge on any atom is 0.341 e. The monoisotopic (exact) mass is 384 g/mol. The number of hydrogen-bond donors (Lipinski definition) is 1. The first-order valence-corrected chi connectivity index (χ1v) is 9.07. The van der Waals surface area contributed by atoms with E-state index in [9.17, 15) is 14.9 Å². The van der Waals surface area contributed by atoms with Gasteiger partial charge in [-0.15, -0.1) is 11.3 Å². The van der Waals surface area contributed by atoms with Gasteiger partial charge in [-0.05, 0) is 50.1 Å². The van der Waals surface area contributed by atoms with Crippen LogP contribution in [0.4, 0.5) is 5.00 Å². The SMILES string of the molecule is CCOc1ccc(/C=C(\C#N)C(=O)Nc2sc(C)c(C)c2C(=O)OC)cc1. The van der Waals surface area contributed by atoms with Crippen molar-refractivity contribution < 1.29 is 19.1 Å². The number of nitrogens with one attached hydrogen (secondary N) is 1. The number of nitriles is 1. The molecule has 0 aliphatic carbocycles. The summed E-state index contributed by atoms with van der Waals surface area (Å²) in [5, 5.41) is 12.4. The number of ether oxygens (including phenoxy) is 2. The van der Waals surface area contributed by atoms with Crippen LogP contribution in [0.1, 0.15) is 33.3 Å². The molecule has 7 heteroatoms. The van der Waals surface area contributed by atoms with Crippen molar-refractivity contribution in [2.75, 3.05) is 19.0 Å². The van der Waals surface area contributed by atoms with Crippen LogP contribution in [0.15, 0.2) is 29.8 Å². The third kappa shape index (κ3) is 4.74. The molecule has 0 fully saturated rings. The van der Waals surface area contributed by atoms with Crippen LogP contribution in [0.25, 0.3) is 6.08 Å². The van der Waals surface area contributed by atoms with Crippen LogP contribution in [-0.4, -0.2) is 25.6 Å². The minimum atomic E-state index is -0.585. The van der Waals surface area contributed by atoms with Crippen LogP contribution < -0.4 is 10.1 Å². The third-order valence-electron chi connectivity index (χ3n) is 3.87. The lowest BCUT2D eigenvalue weighted by Crippen LogP contribution is -2.15. The van der Waals surface area contributed by atoms with Crippen molar-refractivity contribution in [2.45, 2.75) is 20.8 Å². The van der Waals surface area contributed by atoms with E-state index in [0.29, 0.717) is 28.5 Å². The summed E-state index contributed by atoms with van der Waals surface area (Å²) in [7, 11) is 1.28. The minimum absolute atomic E-state index is 0.0707. The molecular formula is C20H20N2O4S. The van der Waals surface area contributed by atoms with Gasteiger partial charge >= 0.3 is 5.97 Å². The number of methoxy groups -OCH3 is 1. The van der Waals surface area contributed by atoms with E-state index in [1.165, 1.54) is 24.5 Å². The summed E-state index contributed by atoms with van der Waals surface area (Å²) in [4.78, 5) is 25.4. The van der Waals surface area contributed by atoms with Crippen LogP contribution >= 0.6 is 11.3 Å². The Balaban J connectivity index is 2.27. The van der Waals surface area contributed by atoms with Crippen LogP contribution in [0.5, 0.6) is 5.75 Å². The number of carbonyl (C=O) groups excluding carboxylic acids is 2. The van der Waals surface area contributed by atoms with Gasteiger partial charge in [-0.25, -0.2) is 4.79 Å². The normalized spacial score (nSPS) is 10.9. The summed E-state index contributed by atoms with van der Waals surface area (Å²) in [5.41, 5.74) is 1.68. The quantitative estimate of drug-likeness (QED) is 0.460. The maximum absolute atomic E-state index is 12.5. The lowest BCUT2D eigenvalue weighted by molar-refractivity contribution is -0.112. The molecule has 2 aromatic rings. The van der Waals surface area contributed by atoms with E-state index in [4.69, 9.17) is 9.47 Å².